The molecule has 0 fully saturated rings. The quantitative estimate of drug-likeness (QED) is 0.708. The first-order chi connectivity index (χ1) is 12.6. The zero-order valence-corrected chi connectivity index (χ0v) is 15.0. The zero-order chi connectivity index (χ0) is 18.3. The molecule has 4 rings (SSSR count). The highest BCUT2D eigenvalue weighted by Gasteiger charge is 2.28. The Hall–Kier alpha value is -3.33. The number of benzene rings is 2. The standard InChI is InChI=1S/C20H19N5O/c1-13-12-24(16-6-4-15(11-21)5-7-16)19-10-17(26-3)8-9-18(19)25-14(2)22-23-20(13)25/h4-10,13H,12H2,1-3H3/t13-/m1/s1. The Balaban J connectivity index is 1.93. The topological polar surface area (TPSA) is 67.0 Å². The number of aromatic nitrogens is 3. The summed E-state index contributed by atoms with van der Waals surface area (Å²) in [6.45, 7) is 4.87. The predicted octanol–water partition coefficient (Wildman–Crippen LogP) is 3.71. The van der Waals surface area contributed by atoms with Gasteiger partial charge in [-0.05, 0) is 43.3 Å². The summed E-state index contributed by atoms with van der Waals surface area (Å²) in [5.41, 5.74) is 3.73. The first-order valence-corrected chi connectivity index (χ1v) is 8.50. The molecular weight excluding hydrogens is 326 g/mol. The normalized spacial score (nSPS) is 15.6. The molecule has 0 bridgehead atoms. The van der Waals surface area contributed by atoms with Crippen molar-refractivity contribution >= 4 is 11.4 Å². The highest BCUT2D eigenvalue weighted by molar-refractivity contribution is 5.75. The highest BCUT2D eigenvalue weighted by Crippen LogP contribution is 2.39. The molecule has 6 nitrogen and oxygen atoms in total. The first-order valence-electron chi connectivity index (χ1n) is 8.50. The van der Waals surface area contributed by atoms with E-state index in [2.05, 4.69) is 32.7 Å². The zero-order valence-electron chi connectivity index (χ0n) is 15.0. The van der Waals surface area contributed by atoms with Crippen LogP contribution in [0.2, 0.25) is 0 Å². The molecule has 1 atom stereocenters. The molecule has 0 N–H and O–H groups in total. The summed E-state index contributed by atoms with van der Waals surface area (Å²) >= 11 is 0. The van der Waals surface area contributed by atoms with Gasteiger partial charge >= 0.3 is 0 Å². The third kappa shape index (κ3) is 2.49. The summed E-state index contributed by atoms with van der Waals surface area (Å²) < 4.78 is 7.57. The lowest BCUT2D eigenvalue weighted by Crippen LogP contribution is -2.22. The molecule has 2 aromatic carbocycles. The Labute approximate surface area is 152 Å². The molecule has 0 radical (unpaired) electrons. The lowest BCUT2D eigenvalue weighted by Gasteiger charge is -2.27. The third-order valence-corrected chi connectivity index (χ3v) is 4.77. The Morgan fingerprint density at radius 2 is 1.88 bits per heavy atom. The maximum atomic E-state index is 9.07. The molecule has 0 aliphatic carbocycles. The fourth-order valence-electron chi connectivity index (χ4n) is 3.45. The van der Waals surface area contributed by atoms with Gasteiger partial charge in [-0.2, -0.15) is 5.26 Å². The summed E-state index contributed by atoms with van der Waals surface area (Å²) in [6, 6.07) is 15.9. The van der Waals surface area contributed by atoms with Gasteiger partial charge in [0, 0.05) is 24.2 Å². The SMILES string of the molecule is COc1ccc2c(c1)N(c1ccc(C#N)cc1)C[C@@H](C)c1nnc(C)n1-2. The molecule has 26 heavy (non-hydrogen) atoms. The lowest BCUT2D eigenvalue weighted by atomic mass is 10.1. The number of fused-ring (bicyclic) bond motifs is 3. The molecule has 1 aliphatic rings. The summed E-state index contributed by atoms with van der Waals surface area (Å²) in [4.78, 5) is 2.25. The van der Waals surface area contributed by atoms with Crippen LogP contribution in [-0.2, 0) is 0 Å². The molecule has 130 valence electrons. The van der Waals surface area contributed by atoms with Crippen molar-refractivity contribution in [1.29, 1.82) is 5.26 Å². The Kier molecular flexibility index (Phi) is 3.85. The highest BCUT2D eigenvalue weighted by atomic mass is 16.5. The third-order valence-electron chi connectivity index (χ3n) is 4.77. The molecule has 0 saturated heterocycles. The number of nitrogens with zero attached hydrogens (tertiary/aromatic N) is 5. The van der Waals surface area contributed by atoms with Gasteiger partial charge in [-0.15, -0.1) is 10.2 Å². The van der Waals surface area contributed by atoms with Crippen LogP contribution in [0.1, 0.15) is 30.1 Å². The van der Waals surface area contributed by atoms with Gasteiger partial charge in [-0.1, -0.05) is 6.92 Å². The Bertz CT molecular complexity index is 1000. The van der Waals surface area contributed by atoms with Crippen molar-refractivity contribution in [2.75, 3.05) is 18.6 Å². The van der Waals surface area contributed by atoms with Crippen LogP contribution < -0.4 is 9.64 Å². The van der Waals surface area contributed by atoms with E-state index in [1.54, 1.807) is 7.11 Å². The summed E-state index contributed by atoms with van der Waals surface area (Å²) in [6.07, 6.45) is 0. The smallest absolute Gasteiger partial charge is 0.142 e. The molecule has 2 heterocycles. The van der Waals surface area contributed by atoms with E-state index in [9.17, 15) is 0 Å². The molecular formula is C20H19N5O. The van der Waals surface area contributed by atoms with E-state index >= 15 is 0 Å². The fourth-order valence-corrected chi connectivity index (χ4v) is 3.45. The van der Waals surface area contributed by atoms with E-state index in [-0.39, 0.29) is 5.92 Å². The molecule has 1 aliphatic heterocycles. The van der Waals surface area contributed by atoms with E-state index in [0.29, 0.717) is 5.56 Å². The van der Waals surface area contributed by atoms with Crippen LogP contribution in [0.3, 0.4) is 0 Å². The number of nitriles is 1. The van der Waals surface area contributed by atoms with Gasteiger partial charge in [0.1, 0.15) is 17.4 Å². The van der Waals surface area contributed by atoms with E-state index in [1.807, 2.05) is 49.4 Å². The largest absolute Gasteiger partial charge is 0.497 e. The van der Waals surface area contributed by atoms with Crippen LogP contribution in [0, 0.1) is 18.3 Å². The number of anilines is 2. The van der Waals surface area contributed by atoms with Gasteiger partial charge in [0.15, 0.2) is 0 Å². The predicted molar refractivity (Wildman–Crippen MR) is 99.2 cm³/mol. The van der Waals surface area contributed by atoms with Gasteiger partial charge in [-0.3, -0.25) is 4.57 Å². The average Bonchev–Trinajstić information content (AvgIpc) is 3.01. The summed E-state index contributed by atoms with van der Waals surface area (Å²) in [7, 11) is 1.67. The maximum absolute atomic E-state index is 9.07. The van der Waals surface area contributed by atoms with Crippen molar-refractivity contribution in [3.8, 4) is 17.5 Å². The summed E-state index contributed by atoms with van der Waals surface area (Å²) in [5.74, 6) is 2.79. The van der Waals surface area contributed by atoms with Crippen molar-refractivity contribution in [2.45, 2.75) is 19.8 Å². The number of aryl methyl sites for hydroxylation is 1. The molecule has 1 aromatic heterocycles. The van der Waals surface area contributed by atoms with Crippen molar-refractivity contribution in [1.82, 2.24) is 14.8 Å². The number of hydrogen-bond acceptors (Lipinski definition) is 5. The molecule has 3 aromatic rings. The minimum atomic E-state index is 0.185. The van der Waals surface area contributed by atoms with Crippen molar-refractivity contribution in [3.63, 3.8) is 0 Å². The van der Waals surface area contributed by atoms with Crippen LogP contribution in [0.15, 0.2) is 42.5 Å². The second kappa shape index (κ2) is 6.19. The van der Waals surface area contributed by atoms with Crippen LogP contribution in [0.4, 0.5) is 11.4 Å². The van der Waals surface area contributed by atoms with Crippen molar-refractivity contribution in [3.05, 3.63) is 59.7 Å². The molecule has 0 saturated carbocycles. The number of hydrogen-bond donors (Lipinski definition) is 0. The van der Waals surface area contributed by atoms with Gasteiger partial charge in [0.2, 0.25) is 0 Å². The Morgan fingerprint density at radius 3 is 2.58 bits per heavy atom. The first kappa shape index (κ1) is 16.2. The fraction of sp³-hybridized carbons (Fsp3) is 0.250. The van der Waals surface area contributed by atoms with E-state index < -0.39 is 0 Å². The molecule has 0 amide bonds. The second-order valence-electron chi connectivity index (χ2n) is 6.47. The average molecular weight is 345 g/mol. The van der Waals surface area contributed by atoms with Gasteiger partial charge < -0.3 is 9.64 Å². The van der Waals surface area contributed by atoms with E-state index in [0.717, 1.165) is 41.0 Å². The number of ether oxygens (including phenoxy) is 1. The van der Waals surface area contributed by atoms with E-state index in [4.69, 9.17) is 10.00 Å². The minimum absolute atomic E-state index is 0.185. The number of methoxy groups -OCH3 is 1. The van der Waals surface area contributed by atoms with Crippen molar-refractivity contribution in [2.24, 2.45) is 0 Å². The monoisotopic (exact) mass is 345 g/mol. The van der Waals surface area contributed by atoms with Crippen LogP contribution in [-0.4, -0.2) is 28.4 Å². The molecule has 0 spiro atoms. The van der Waals surface area contributed by atoms with Crippen molar-refractivity contribution < 1.29 is 4.74 Å². The van der Waals surface area contributed by atoms with Gasteiger partial charge in [0.05, 0.1) is 30.1 Å². The van der Waals surface area contributed by atoms with Crippen LogP contribution in [0.5, 0.6) is 5.75 Å². The minimum Gasteiger partial charge on any atom is -0.497 e. The van der Waals surface area contributed by atoms with Gasteiger partial charge in [-0.25, -0.2) is 0 Å². The summed E-state index contributed by atoms with van der Waals surface area (Å²) in [5, 5.41) is 17.8. The maximum Gasteiger partial charge on any atom is 0.142 e. The molecule has 0 unspecified atom stereocenters. The van der Waals surface area contributed by atoms with Crippen LogP contribution >= 0.6 is 0 Å². The molecule has 6 heteroatoms. The second-order valence-corrected chi connectivity index (χ2v) is 6.47. The lowest BCUT2D eigenvalue weighted by molar-refractivity contribution is 0.415. The number of rotatable bonds is 2. The van der Waals surface area contributed by atoms with Gasteiger partial charge in [0.25, 0.3) is 0 Å². The van der Waals surface area contributed by atoms with E-state index in [1.165, 1.54) is 0 Å². The Morgan fingerprint density at radius 1 is 1.12 bits per heavy atom. The van der Waals surface area contributed by atoms with Crippen LogP contribution in [0.25, 0.3) is 5.69 Å².